The molecule has 1 heterocycles. The van der Waals surface area contributed by atoms with Crippen LogP contribution in [-0.2, 0) is 4.74 Å². The van der Waals surface area contributed by atoms with Crippen molar-refractivity contribution in [2.24, 2.45) is 0 Å². The van der Waals surface area contributed by atoms with E-state index in [9.17, 15) is 4.79 Å². The number of hydrogen-bond acceptors (Lipinski definition) is 3. The highest BCUT2D eigenvalue weighted by atomic mass is 16.5. The summed E-state index contributed by atoms with van der Waals surface area (Å²) in [7, 11) is 1.35. The zero-order chi connectivity index (χ0) is 9.14. The van der Waals surface area contributed by atoms with Gasteiger partial charge in [0.2, 0.25) is 0 Å². The number of carbonyl (C=O) groups excluding carboxylic acids is 1. The van der Waals surface area contributed by atoms with Gasteiger partial charge in [0, 0.05) is 5.69 Å². The minimum absolute atomic E-state index is 0.370. The molecular formula is C9H11NO2. The Labute approximate surface area is 71.4 Å². The number of esters is 1. The summed E-state index contributed by atoms with van der Waals surface area (Å²) in [5, 5.41) is 0. The zero-order valence-corrected chi connectivity index (χ0v) is 7.42. The fraction of sp³-hybridized carbons (Fsp3) is 0.333. The molecule has 1 rings (SSSR count). The monoisotopic (exact) mass is 165 g/mol. The Balaban J connectivity index is 3.08. The number of aromatic nitrogens is 1. The van der Waals surface area contributed by atoms with E-state index in [0.29, 0.717) is 5.69 Å². The number of ether oxygens (including phenoxy) is 1. The molecule has 1 aromatic rings. The summed E-state index contributed by atoms with van der Waals surface area (Å²) in [4.78, 5) is 15.1. The van der Waals surface area contributed by atoms with Gasteiger partial charge in [-0.15, -0.1) is 0 Å². The van der Waals surface area contributed by atoms with Crippen LogP contribution in [0.15, 0.2) is 12.1 Å². The highest BCUT2D eigenvalue weighted by Gasteiger charge is 2.06. The van der Waals surface area contributed by atoms with E-state index in [2.05, 4.69) is 9.72 Å². The lowest BCUT2D eigenvalue weighted by molar-refractivity contribution is 0.0593. The van der Waals surface area contributed by atoms with E-state index in [4.69, 9.17) is 0 Å². The molecule has 0 radical (unpaired) electrons. The molecule has 0 bridgehead atoms. The molecular weight excluding hydrogens is 154 g/mol. The van der Waals surface area contributed by atoms with E-state index in [1.807, 2.05) is 19.9 Å². The van der Waals surface area contributed by atoms with E-state index >= 15 is 0 Å². The van der Waals surface area contributed by atoms with Crippen molar-refractivity contribution in [2.75, 3.05) is 7.11 Å². The van der Waals surface area contributed by atoms with E-state index in [-0.39, 0.29) is 5.97 Å². The van der Waals surface area contributed by atoms with Gasteiger partial charge < -0.3 is 4.74 Å². The maximum absolute atomic E-state index is 11.0. The van der Waals surface area contributed by atoms with Crippen LogP contribution in [0.25, 0.3) is 0 Å². The predicted molar refractivity (Wildman–Crippen MR) is 45.1 cm³/mol. The Kier molecular flexibility index (Phi) is 2.43. The minimum Gasteiger partial charge on any atom is -0.464 e. The lowest BCUT2D eigenvalue weighted by Crippen LogP contribution is -2.05. The first kappa shape index (κ1) is 8.71. The van der Waals surface area contributed by atoms with Crippen molar-refractivity contribution in [2.45, 2.75) is 13.8 Å². The van der Waals surface area contributed by atoms with E-state index in [1.165, 1.54) is 7.11 Å². The molecule has 3 nitrogen and oxygen atoms in total. The van der Waals surface area contributed by atoms with Crippen LogP contribution < -0.4 is 0 Å². The summed E-state index contributed by atoms with van der Waals surface area (Å²) >= 11 is 0. The Bertz CT molecular complexity index is 287. The Hall–Kier alpha value is -1.38. The largest absolute Gasteiger partial charge is 0.464 e. The molecule has 1 aromatic heterocycles. The van der Waals surface area contributed by atoms with Crippen LogP contribution in [0.3, 0.4) is 0 Å². The molecule has 0 saturated carbocycles. The summed E-state index contributed by atoms with van der Waals surface area (Å²) in [5.74, 6) is -0.387. The molecule has 0 aliphatic rings. The van der Waals surface area contributed by atoms with Crippen LogP contribution in [-0.4, -0.2) is 18.1 Å². The second-order valence-electron chi connectivity index (χ2n) is 2.66. The molecule has 0 aliphatic carbocycles. The highest BCUT2D eigenvalue weighted by Crippen LogP contribution is 2.04. The third-order valence-corrected chi connectivity index (χ3v) is 1.49. The second kappa shape index (κ2) is 3.34. The Morgan fingerprint density at radius 1 is 1.42 bits per heavy atom. The van der Waals surface area contributed by atoms with Crippen molar-refractivity contribution < 1.29 is 9.53 Å². The molecule has 0 aliphatic heterocycles. The van der Waals surface area contributed by atoms with Crippen LogP contribution in [0, 0.1) is 13.8 Å². The van der Waals surface area contributed by atoms with Gasteiger partial charge >= 0.3 is 5.97 Å². The molecule has 12 heavy (non-hydrogen) atoms. The van der Waals surface area contributed by atoms with Crippen molar-refractivity contribution in [3.05, 3.63) is 29.1 Å². The van der Waals surface area contributed by atoms with Crippen molar-refractivity contribution in [1.29, 1.82) is 0 Å². The summed E-state index contributed by atoms with van der Waals surface area (Å²) in [5.41, 5.74) is 2.22. The molecule has 0 amide bonds. The van der Waals surface area contributed by atoms with E-state index in [0.717, 1.165) is 11.3 Å². The lowest BCUT2D eigenvalue weighted by atomic mass is 10.2. The van der Waals surface area contributed by atoms with Crippen LogP contribution in [0.4, 0.5) is 0 Å². The van der Waals surface area contributed by atoms with Gasteiger partial charge in [-0.2, -0.15) is 0 Å². The first-order valence-corrected chi connectivity index (χ1v) is 3.67. The summed E-state index contributed by atoms with van der Waals surface area (Å²) in [6, 6.07) is 3.62. The molecule has 0 atom stereocenters. The number of nitrogens with zero attached hydrogens (tertiary/aromatic N) is 1. The Morgan fingerprint density at radius 3 is 2.58 bits per heavy atom. The van der Waals surface area contributed by atoms with Gasteiger partial charge in [-0.25, -0.2) is 9.78 Å². The zero-order valence-electron chi connectivity index (χ0n) is 7.42. The third-order valence-electron chi connectivity index (χ3n) is 1.49. The quantitative estimate of drug-likeness (QED) is 0.592. The number of aryl methyl sites for hydroxylation is 2. The molecule has 64 valence electrons. The smallest absolute Gasteiger partial charge is 0.356 e. The van der Waals surface area contributed by atoms with Crippen LogP contribution in [0.1, 0.15) is 21.7 Å². The number of carbonyl (C=O) groups is 1. The van der Waals surface area contributed by atoms with Gasteiger partial charge in [-0.1, -0.05) is 0 Å². The number of pyridine rings is 1. The van der Waals surface area contributed by atoms with Crippen molar-refractivity contribution in [1.82, 2.24) is 4.98 Å². The predicted octanol–water partition coefficient (Wildman–Crippen LogP) is 1.49. The van der Waals surface area contributed by atoms with Crippen molar-refractivity contribution in [3.63, 3.8) is 0 Å². The fourth-order valence-corrected chi connectivity index (χ4v) is 1.05. The Morgan fingerprint density at radius 2 is 2.08 bits per heavy atom. The molecule has 0 spiro atoms. The van der Waals surface area contributed by atoms with Crippen LogP contribution in [0.2, 0.25) is 0 Å². The van der Waals surface area contributed by atoms with E-state index < -0.39 is 0 Å². The average molecular weight is 165 g/mol. The first-order chi connectivity index (χ1) is 5.63. The number of rotatable bonds is 1. The molecule has 0 aromatic carbocycles. The normalized spacial score (nSPS) is 9.58. The second-order valence-corrected chi connectivity index (χ2v) is 2.66. The maximum atomic E-state index is 11.0. The summed E-state index contributed by atoms with van der Waals surface area (Å²) in [6.07, 6.45) is 0. The third kappa shape index (κ3) is 1.81. The average Bonchev–Trinajstić information content (AvgIpc) is 2.01. The van der Waals surface area contributed by atoms with Crippen LogP contribution in [0.5, 0.6) is 0 Å². The fourth-order valence-electron chi connectivity index (χ4n) is 1.05. The topological polar surface area (TPSA) is 39.2 Å². The van der Waals surface area contributed by atoms with E-state index in [1.54, 1.807) is 6.07 Å². The standard InChI is InChI=1S/C9H11NO2/c1-6-4-7(2)10-8(5-6)9(11)12-3/h4-5H,1-3H3. The van der Waals surface area contributed by atoms with Crippen molar-refractivity contribution in [3.8, 4) is 0 Å². The van der Waals surface area contributed by atoms with Gasteiger partial charge in [0.25, 0.3) is 0 Å². The molecule has 0 unspecified atom stereocenters. The van der Waals surface area contributed by atoms with Crippen molar-refractivity contribution >= 4 is 5.97 Å². The maximum Gasteiger partial charge on any atom is 0.356 e. The molecule has 0 fully saturated rings. The van der Waals surface area contributed by atoms with Gasteiger partial charge in [-0.05, 0) is 31.5 Å². The van der Waals surface area contributed by atoms with Gasteiger partial charge in [-0.3, -0.25) is 0 Å². The minimum atomic E-state index is -0.387. The lowest BCUT2D eigenvalue weighted by Gasteiger charge is -2.00. The highest BCUT2D eigenvalue weighted by molar-refractivity contribution is 5.87. The molecule has 0 N–H and O–H groups in total. The first-order valence-electron chi connectivity index (χ1n) is 3.67. The number of methoxy groups -OCH3 is 1. The molecule has 3 heteroatoms. The van der Waals surface area contributed by atoms with Gasteiger partial charge in [0.1, 0.15) is 5.69 Å². The van der Waals surface area contributed by atoms with Gasteiger partial charge in [0.15, 0.2) is 0 Å². The number of hydrogen-bond donors (Lipinski definition) is 0. The summed E-state index contributed by atoms with van der Waals surface area (Å²) in [6.45, 7) is 3.76. The molecule has 0 saturated heterocycles. The SMILES string of the molecule is COC(=O)c1cc(C)cc(C)n1. The summed E-state index contributed by atoms with van der Waals surface area (Å²) < 4.78 is 4.54. The van der Waals surface area contributed by atoms with Crippen LogP contribution >= 0.6 is 0 Å². The van der Waals surface area contributed by atoms with Gasteiger partial charge in [0.05, 0.1) is 7.11 Å².